The number of hydrogen-bond acceptors (Lipinski definition) is 2. The van der Waals surface area contributed by atoms with Gasteiger partial charge in [0.1, 0.15) is 0 Å². The van der Waals surface area contributed by atoms with Crippen molar-refractivity contribution in [3.8, 4) is 0 Å². The van der Waals surface area contributed by atoms with Gasteiger partial charge in [-0.25, -0.2) is 0 Å². The minimum atomic E-state index is -0.0278. The number of hydrogen-bond donors (Lipinski definition) is 1. The molecule has 1 heterocycles. The largest absolute Gasteiger partial charge is 0.337 e. The van der Waals surface area contributed by atoms with Crippen molar-refractivity contribution < 1.29 is 4.79 Å². The molecule has 0 unspecified atom stereocenters. The lowest BCUT2D eigenvalue weighted by Gasteiger charge is -2.16. The van der Waals surface area contributed by atoms with Gasteiger partial charge < -0.3 is 10.6 Å². The SMILES string of the molecule is N[C@H]1CC(=O)N(Cc2ccccc2Cl)C1. The van der Waals surface area contributed by atoms with Crippen molar-refractivity contribution in [3.63, 3.8) is 0 Å². The molecule has 1 atom stereocenters. The Morgan fingerprint density at radius 2 is 2.20 bits per heavy atom. The van der Waals surface area contributed by atoms with E-state index in [2.05, 4.69) is 0 Å². The van der Waals surface area contributed by atoms with Gasteiger partial charge in [0, 0.05) is 30.6 Å². The fourth-order valence-electron chi connectivity index (χ4n) is 1.79. The van der Waals surface area contributed by atoms with Gasteiger partial charge in [0.25, 0.3) is 0 Å². The van der Waals surface area contributed by atoms with E-state index >= 15 is 0 Å². The summed E-state index contributed by atoms with van der Waals surface area (Å²) in [6, 6.07) is 7.53. The van der Waals surface area contributed by atoms with Crippen LogP contribution in [0.2, 0.25) is 5.02 Å². The molecule has 1 amide bonds. The van der Waals surface area contributed by atoms with Gasteiger partial charge in [0.15, 0.2) is 0 Å². The molecule has 1 saturated heterocycles. The second kappa shape index (κ2) is 4.21. The lowest BCUT2D eigenvalue weighted by molar-refractivity contribution is -0.128. The molecule has 0 aliphatic carbocycles. The highest BCUT2D eigenvalue weighted by Gasteiger charge is 2.26. The second-order valence-electron chi connectivity index (χ2n) is 3.83. The molecule has 0 aromatic heterocycles. The molecule has 1 fully saturated rings. The van der Waals surface area contributed by atoms with Crippen LogP contribution >= 0.6 is 11.6 Å². The first kappa shape index (κ1) is 10.5. The van der Waals surface area contributed by atoms with Crippen molar-refractivity contribution in [2.75, 3.05) is 6.54 Å². The molecule has 1 aliphatic heterocycles. The van der Waals surface area contributed by atoms with Gasteiger partial charge in [-0.15, -0.1) is 0 Å². The molecule has 0 spiro atoms. The van der Waals surface area contributed by atoms with Crippen LogP contribution in [0, 0.1) is 0 Å². The average molecular weight is 225 g/mol. The number of amides is 1. The van der Waals surface area contributed by atoms with E-state index in [1.54, 1.807) is 4.90 Å². The zero-order chi connectivity index (χ0) is 10.8. The summed E-state index contributed by atoms with van der Waals surface area (Å²) in [5.41, 5.74) is 6.69. The maximum absolute atomic E-state index is 11.5. The van der Waals surface area contributed by atoms with Crippen LogP contribution in [0.4, 0.5) is 0 Å². The highest BCUT2D eigenvalue weighted by Crippen LogP contribution is 2.19. The van der Waals surface area contributed by atoms with Gasteiger partial charge in [0.05, 0.1) is 0 Å². The van der Waals surface area contributed by atoms with Crippen molar-refractivity contribution >= 4 is 17.5 Å². The minimum Gasteiger partial charge on any atom is -0.337 e. The normalized spacial score (nSPS) is 21.1. The van der Waals surface area contributed by atoms with Crippen LogP contribution in [-0.4, -0.2) is 23.4 Å². The van der Waals surface area contributed by atoms with E-state index < -0.39 is 0 Å². The molecule has 4 heteroatoms. The third kappa shape index (κ3) is 2.30. The van der Waals surface area contributed by atoms with Crippen LogP contribution in [0.25, 0.3) is 0 Å². The van der Waals surface area contributed by atoms with E-state index in [1.165, 1.54) is 0 Å². The molecular formula is C11H13ClN2O. The Bertz CT molecular complexity index is 381. The Kier molecular flexibility index (Phi) is 2.93. The number of nitrogens with zero attached hydrogens (tertiary/aromatic N) is 1. The number of benzene rings is 1. The molecule has 1 aliphatic rings. The molecule has 1 aromatic rings. The first-order chi connectivity index (χ1) is 7.16. The summed E-state index contributed by atoms with van der Waals surface area (Å²) in [5, 5.41) is 0.700. The molecule has 0 radical (unpaired) electrons. The molecular weight excluding hydrogens is 212 g/mol. The molecule has 2 N–H and O–H groups in total. The van der Waals surface area contributed by atoms with Crippen molar-refractivity contribution in [1.29, 1.82) is 0 Å². The van der Waals surface area contributed by atoms with Crippen LogP contribution in [0.3, 0.4) is 0 Å². The van der Waals surface area contributed by atoms with Crippen LogP contribution in [0.1, 0.15) is 12.0 Å². The smallest absolute Gasteiger partial charge is 0.224 e. The number of nitrogens with two attached hydrogens (primary N) is 1. The lowest BCUT2D eigenvalue weighted by atomic mass is 10.2. The standard InChI is InChI=1S/C11H13ClN2O/c12-10-4-2-1-3-8(10)6-14-7-9(13)5-11(14)15/h1-4,9H,5-7,13H2/t9-/m0/s1. The summed E-state index contributed by atoms with van der Waals surface area (Å²) in [4.78, 5) is 13.3. The third-order valence-corrected chi connectivity index (χ3v) is 2.93. The van der Waals surface area contributed by atoms with Crippen LogP contribution < -0.4 is 5.73 Å². The van der Waals surface area contributed by atoms with Crippen molar-refractivity contribution in [3.05, 3.63) is 34.9 Å². The highest BCUT2D eigenvalue weighted by molar-refractivity contribution is 6.31. The van der Waals surface area contributed by atoms with E-state index in [9.17, 15) is 4.79 Å². The quantitative estimate of drug-likeness (QED) is 0.826. The zero-order valence-corrected chi connectivity index (χ0v) is 9.07. The van der Waals surface area contributed by atoms with Gasteiger partial charge in [-0.1, -0.05) is 29.8 Å². The summed E-state index contributed by atoms with van der Waals surface area (Å²) in [7, 11) is 0. The second-order valence-corrected chi connectivity index (χ2v) is 4.24. The molecule has 3 nitrogen and oxygen atoms in total. The molecule has 0 bridgehead atoms. The monoisotopic (exact) mass is 224 g/mol. The third-order valence-electron chi connectivity index (χ3n) is 2.56. The van der Waals surface area contributed by atoms with Crippen molar-refractivity contribution in [1.82, 2.24) is 4.90 Å². The van der Waals surface area contributed by atoms with E-state index in [-0.39, 0.29) is 11.9 Å². The Hall–Kier alpha value is -1.06. The van der Waals surface area contributed by atoms with E-state index in [0.717, 1.165) is 5.56 Å². The molecule has 0 saturated carbocycles. The first-order valence-corrected chi connectivity index (χ1v) is 5.31. The first-order valence-electron chi connectivity index (χ1n) is 4.93. The number of carbonyl (C=O) groups excluding carboxylic acids is 1. The summed E-state index contributed by atoms with van der Waals surface area (Å²) in [6.45, 7) is 1.19. The molecule has 15 heavy (non-hydrogen) atoms. The van der Waals surface area contributed by atoms with Crippen molar-refractivity contribution in [2.24, 2.45) is 5.73 Å². The highest BCUT2D eigenvalue weighted by atomic mass is 35.5. The summed E-state index contributed by atoms with van der Waals surface area (Å²) in [5.74, 6) is 0.113. The topological polar surface area (TPSA) is 46.3 Å². The summed E-state index contributed by atoms with van der Waals surface area (Å²) in [6.07, 6.45) is 0.449. The van der Waals surface area contributed by atoms with Gasteiger partial charge in [0.2, 0.25) is 5.91 Å². The van der Waals surface area contributed by atoms with Gasteiger partial charge in [-0.2, -0.15) is 0 Å². The molecule has 80 valence electrons. The lowest BCUT2D eigenvalue weighted by Crippen LogP contribution is -2.27. The average Bonchev–Trinajstić information content (AvgIpc) is 2.49. The maximum Gasteiger partial charge on any atom is 0.224 e. The Labute approximate surface area is 93.8 Å². The fourth-order valence-corrected chi connectivity index (χ4v) is 1.98. The van der Waals surface area contributed by atoms with E-state index in [4.69, 9.17) is 17.3 Å². The summed E-state index contributed by atoms with van der Waals surface area (Å²) < 4.78 is 0. The van der Waals surface area contributed by atoms with E-state index in [1.807, 2.05) is 24.3 Å². The summed E-state index contributed by atoms with van der Waals surface area (Å²) >= 11 is 6.02. The Morgan fingerprint density at radius 3 is 2.80 bits per heavy atom. The number of carbonyl (C=O) groups is 1. The van der Waals surface area contributed by atoms with Crippen molar-refractivity contribution in [2.45, 2.75) is 19.0 Å². The fraction of sp³-hybridized carbons (Fsp3) is 0.364. The van der Waals surface area contributed by atoms with Gasteiger partial charge >= 0.3 is 0 Å². The predicted molar refractivity (Wildman–Crippen MR) is 59.5 cm³/mol. The maximum atomic E-state index is 11.5. The molecule has 2 rings (SSSR count). The van der Waals surface area contributed by atoms with Gasteiger partial charge in [-0.3, -0.25) is 4.79 Å². The number of halogens is 1. The van der Waals surface area contributed by atoms with Crippen LogP contribution in [-0.2, 0) is 11.3 Å². The number of likely N-dealkylation sites (tertiary alicyclic amines) is 1. The number of rotatable bonds is 2. The zero-order valence-electron chi connectivity index (χ0n) is 8.32. The minimum absolute atomic E-state index is 0.0278. The predicted octanol–water partition coefficient (Wildman–Crippen LogP) is 1.40. The van der Waals surface area contributed by atoms with Crippen LogP contribution in [0.15, 0.2) is 24.3 Å². The van der Waals surface area contributed by atoms with Crippen LogP contribution in [0.5, 0.6) is 0 Å². The van der Waals surface area contributed by atoms with Gasteiger partial charge in [-0.05, 0) is 11.6 Å². The Morgan fingerprint density at radius 1 is 1.47 bits per heavy atom. The molecule has 1 aromatic carbocycles. The Balaban J connectivity index is 2.09. The van der Waals surface area contributed by atoms with E-state index in [0.29, 0.717) is 24.5 Å².